The molecule has 0 aliphatic carbocycles. The molecule has 98 valence electrons. The summed E-state index contributed by atoms with van der Waals surface area (Å²) in [6.07, 6.45) is -2.82. The summed E-state index contributed by atoms with van der Waals surface area (Å²) in [4.78, 5) is 10.2. The lowest BCUT2D eigenvalue weighted by molar-refractivity contribution is 0.194. The molecule has 5 nitrogen and oxygen atoms in total. The van der Waals surface area contributed by atoms with Gasteiger partial charge >= 0.3 is 6.09 Å². The van der Waals surface area contributed by atoms with Crippen LogP contribution in [0.3, 0.4) is 0 Å². The van der Waals surface area contributed by atoms with Crippen LogP contribution in [-0.2, 0) is 0 Å². The molecular formula is C10H9F3N2O3. The van der Waals surface area contributed by atoms with Gasteiger partial charge in [0.2, 0.25) is 0 Å². The van der Waals surface area contributed by atoms with Gasteiger partial charge in [-0.05, 0) is 19.1 Å². The van der Waals surface area contributed by atoms with Crippen LogP contribution in [0, 0.1) is 17.5 Å². The van der Waals surface area contributed by atoms with Gasteiger partial charge in [0, 0.05) is 5.56 Å². The van der Waals surface area contributed by atoms with Gasteiger partial charge < -0.3 is 10.2 Å². The molecule has 1 atom stereocenters. The van der Waals surface area contributed by atoms with Crippen molar-refractivity contribution in [2.75, 3.05) is 0 Å². The Morgan fingerprint density at radius 1 is 1.33 bits per heavy atom. The maximum Gasteiger partial charge on any atom is 0.425 e. The number of nitrogens with one attached hydrogen (secondary N) is 1. The van der Waals surface area contributed by atoms with Crippen molar-refractivity contribution in [1.82, 2.24) is 5.43 Å². The Labute approximate surface area is 99.6 Å². The number of aliphatic hydroxyl groups excluding tert-OH is 1. The highest BCUT2D eigenvalue weighted by Gasteiger charge is 2.17. The Morgan fingerprint density at radius 2 is 1.83 bits per heavy atom. The van der Waals surface area contributed by atoms with Gasteiger partial charge in [-0.3, -0.25) is 0 Å². The van der Waals surface area contributed by atoms with Crippen LogP contribution in [-0.4, -0.2) is 28.1 Å². The molecule has 0 aliphatic rings. The molecule has 0 fully saturated rings. The fraction of sp³-hybridized carbons (Fsp3) is 0.200. The molecule has 1 rings (SSSR count). The van der Waals surface area contributed by atoms with Crippen molar-refractivity contribution in [3.8, 4) is 0 Å². The van der Waals surface area contributed by atoms with Crippen molar-refractivity contribution >= 4 is 11.8 Å². The molecule has 0 saturated heterocycles. The highest BCUT2D eigenvalue weighted by atomic mass is 19.2. The molecule has 0 radical (unpaired) electrons. The predicted octanol–water partition coefficient (Wildman–Crippen LogP) is 1.46. The van der Waals surface area contributed by atoms with E-state index in [2.05, 4.69) is 5.10 Å². The smallest absolute Gasteiger partial charge is 0.425 e. The van der Waals surface area contributed by atoms with Gasteiger partial charge in [0.1, 0.15) is 0 Å². The van der Waals surface area contributed by atoms with E-state index >= 15 is 0 Å². The zero-order valence-electron chi connectivity index (χ0n) is 9.12. The molecule has 1 unspecified atom stereocenters. The second kappa shape index (κ2) is 5.50. The summed E-state index contributed by atoms with van der Waals surface area (Å²) in [5.74, 6) is -4.59. The van der Waals surface area contributed by atoms with Crippen molar-refractivity contribution < 1.29 is 28.2 Å². The van der Waals surface area contributed by atoms with Gasteiger partial charge in [-0.2, -0.15) is 5.10 Å². The van der Waals surface area contributed by atoms with Crippen LogP contribution in [0.1, 0.15) is 12.5 Å². The third-order valence-corrected chi connectivity index (χ3v) is 1.95. The monoisotopic (exact) mass is 262 g/mol. The number of rotatable bonds is 3. The number of hydrogen-bond acceptors (Lipinski definition) is 3. The van der Waals surface area contributed by atoms with E-state index < -0.39 is 29.6 Å². The maximum atomic E-state index is 13.0. The van der Waals surface area contributed by atoms with Gasteiger partial charge in [-0.1, -0.05) is 0 Å². The number of nitrogens with zero attached hydrogens (tertiary/aromatic N) is 1. The summed E-state index contributed by atoms with van der Waals surface area (Å²) in [6, 6.07) is 1.21. The van der Waals surface area contributed by atoms with Gasteiger partial charge in [-0.15, -0.1) is 0 Å². The molecule has 1 aromatic rings. The minimum absolute atomic E-state index is 0.268. The fourth-order valence-electron chi connectivity index (χ4n) is 1.21. The summed E-state index contributed by atoms with van der Waals surface area (Å²) in [5.41, 5.74) is 0.979. The number of hydrazone groups is 1. The number of halogens is 3. The Morgan fingerprint density at radius 3 is 2.22 bits per heavy atom. The Kier molecular flexibility index (Phi) is 4.27. The van der Waals surface area contributed by atoms with Crippen LogP contribution in [0.25, 0.3) is 0 Å². The van der Waals surface area contributed by atoms with Crippen LogP contribution in [0.4, 0.5) is 18.0 Å². The van der Waals surface area contributed by atoms with Crippen LogP contribution >= 0.6 is 0 Å². The van der Waals surface area contributed by atoms with E-state index in [0.717, 1.165) is 0 Å². The first-order valence-electron chi connectivity index (χ1n) is 4.72. The first-order chi connectivity index (χ1) is 8.32. The average Bonchev–Trinajstić information content (AvgIpc) is 2.25. The van der Waals surface area contributed by atoms with E-state index in [9.17, 15) is 23.1 Å². The predicted molar refractivity (Wildman–Crippen MR) is 55.7 cm³/mol. The molecular weight excluding hydrogens is 253 g/mol. The Hall–Kier alpha value is -2.09. The molecule has 0 aliphatic heterocycles. The van der Waals surface area contributed by atoms with E-state index in [-0.39, 0.29) is 11.3 Å². The van der Waals surface area contributed by atoms with Crippen LogP contribution in [0.5, 0.6) is 0 Å². The summed E-state index contributed by atoms with van der Waals surface area (Å²) < 4.78 is 38.7. The summed E-state index contributed by atoms with van der Waals surface area (Å²) >= 11 is 0. The van der Waals surface area contributed by atoms with E-state index in [1.165, 1.54) is 6.92 Å². The minimum atomic E-state index is -1.66. The lowest BCUT2D eigenvalue weighted by atomic mass is 10.1. The molecule has 1 aromatic carbocycles. The number of aliphatic hydroxyl groups is 1. The molecule has 0 spiro atoms. The first-order valence-corrected chi connectivity index (χ1v) is 4.72. The van der Waals surface area contributed by atoms with Crippen LogP contribution < -0.4 is 5.43 Å². The molecule has 0 saturated carbocycles. The summed E-state index contributed by atoms with van der Waals surface area (Å²) in [6.45, 7) is 1.21. The van der Waals surface area contributed by atoms with E-state index in [1.807, 2.05) is 0 Å². The molecule has 0 aromatic heterocycles. The maximum absolute atomic E-state index is 13.0. The van der Waals surface area contributed by atoms with Crippen molar-refractivity contribution in [3.63, 3.8) is 0 Å². The first kappa shape index (κ1) is 14.0. The SMILES string of the molecule is CC(O)/C(=N/NC(=O)O)c1cc(F)c(F)c(F)c1. The average molecular weight is 262 g/mol. The lowest BCUT2D eigenvalue weighted by Crippen LogP contribution is -2.24. The number of benzene rings is 1. The molecule has 0 bridgehead atoms. The fourth-order valence-corrected chi connectivity index (χ4v) is 1.21. The molecule has 1 amide bonds. The Balaban J connectivity index is 3.22. The van der Waals surface area contributed by atoms with Crippen molar-refractivity contribution in [2.45, 2.75) is 13.0 Å². The summed E-state index contributed by atoms with van der Waals surface area (Å²) in [7, 11) is 0. The lowest BCUT2D eigenvalue weighted by Gasteiger charge is -2.10. The second-order valence-corrected chi connectivity index (χ2v) is 3.34. The molecule has 3 N–H and O–H groups in total. The number of carbonyl (C=O) groups is 1. The zero-order chi connectivity index (χ0) is 13.9. The van der Waals surface area contributed by atoms with Crippen molar-refractivity contribution in [1.29, 1.82) is 0 Å². The van der Waals surface area contributed by atoms with Gasteiger partial charge in [0.05, 0.1) is 11.8 Å². The quantitative estimate of drug-likeness (QED) is 0.438. The van der Waals surface area contributed by atoms with Gasteiger partial charge in [0.25, 0.3) is 0 Å². The Bertz CT molecular complexity index is 480. The highest BCUT2D eigenvalue weighted by molar-refractivity contribution is 6.03. The minimum Gasteiger partial charge on any atom is -0.464 e. The van der Waals surface area contributed by atoms with Crippen molar-refractivity contribution in [2.24, 2.45) is 5.10 Å². The number of carboxylic acid groups (broad SMARTS) is 1. The topological polar surface area (TPSA) is 81.9 Å². The number of amides is 1. The second-order valence-electron chi connectivity index (χ2n) is 3.34. The van der Waals surface area contributed by atoms with E-state index in [1.54, 1.807) is 5.43 Å². The normalized spacial score (nSPS) is 13.3. The molecule has 0 heterocycles. The third kappa shape index (κ3) is 3.20. The van der Waals surface area contributed by atoms with Gasteiger partial charge in [-0.25, -0.2) is 23.4 Å². The van der Waals surface area contributed by atoms with Gasteiger partial charge in [0.15, 0.2) is 17.5 Å². The van der Waals surface area contributed by atoms with Crippen LogP contribution in [0.2, 0.25) is 0 Å². The largest absolute Gasteiger partial charge is 0.464 e. The third-order valence-electron chi connectivity index (χ3n) is 1.95. The highest BCUT2D eigenvalue weighted by Crippen LogP contribution is 2.15. The van der Waals surface area contributed by atoms with Crippen molar-refractivity contribution in [3.05, 3.63) is 35.1 Å². The molecule has 8 heteroatoms. The van der Waals surface area contributed by atoms with Crippen LogP contribution in [0.15, 0.2) is 17.2 Å². The summed E-state index contributed by atoms with van der Waals surface area (Å²) in [5, 5.41) is 20.9. The van der Waals surface area contributed by atoms with E-state index in [0.29, 0.717) is 12.1 Å². The van der Waals surface area contributed by atoms with E-state index in [4.69, 9.17) is 5.11 Å². The molecule has 18 heavy (non-hydrogen) atoms. The standard InChI is InChI=1S/C10H9F3N2O3/c1-4(16)9(14-15-10(17)18)5-2-6(11)8(13)7(12)3-5/h2-4,15-16H,1H3,(H,17,18)/b14-9-. The number of hydrogen-bond donors (Lipinski definition) is 3. The zero-order valence-corrected chi connectivity index (χ0v) is 9.12.